The minimum absolute atomic E-state index is 0.219. The molecule has 0 saturated heterocycles. The van der Waals surface area contributed by atoms with Crippen molar-refractivity contribution in [2.24, 2.45) is 0 Å². The number of anilines is 1. The molecule has 0 spiro atoms. The molecule has 0 amide bonds. The first kappa shape index (κ1) is 12.3. The number of hydrogen-bond donors (Lipinski definition) is 1. The fourth-order valence-electron chi connectivity index (χ4n) is 1.31. The van der Waals surface area contributed by atoms with Gasteiger partial charge in [0, 0.05) is 24.6 Å². The van der Waals surface area contributed by atoms with Gasteiger partial charge in [-0.05, 0) is 6.07 Å². The highest BCUT2D eigenvalue weighted by Gasteiger charge is 2.25. The molecule has 0 aliphatic heterocycles. The molecule has 0 aliphatic rings. The number of nitro groups is 1. The van der Waals surface area contributed by atoms with Crippen LogP contribution in [0, 0.1) is 21.7 Å². The third kappa shape index (κ3) is 1.99. The van der Waals surface area contributed by atoms with E-state index in [2.05, 4.69) is 14.7 Å². The molecule has 2 aromatic rings. The van der Waals surface area contributed by atoms with Crippen LogP contribution in [0.1, 0.15) is 0 Å². The van der Waals surface area contributed by atoms with E-state index < -0.39 is 27.8 Å². The van der Waals surface area contributed by atoms with Crippen LogP contribution in [0.15, 0.2) is 12.1 Å². The average Bonchev–Trinajstić information content (AvgIpc) is 2.77. The number of rotatable bonds is 3. The Hall–Kier alpha value is -2.16. The molecule has 0 unspecified atom stereocenters. The summed E-state index contributed by atoms with van der Waals surface area (Å²) in [6, 6.07) is 1.58. The van der Waals surface area contributed by atoms with Crippen LogP contribution >= 0.6 is 11.5 Å². The molecular formula is C9H6F2N4O2S. The average molecular weight is 272 g/mol. The predicted molar refractivity (Wildman–Crippen MR) is 61.5 cm³/mol. The van der Waals surface area contributed by atoms with Crippen molar-refractivity contribution in [2.75, 3.05) is 12.4 Å². The van der Waals surface area contributed by atoms with Gasteiger partial charge in [0.2, 0.25) is 10.9 Å². The van der Waals surface area contributed by atoms with Gasteiger partial charge in [0.25, 0.3) is 0 Å². The Balaban J connectivity index is 2.62. The monoisotopic (exact) mass is 272 g/mol. The van der Waals surface area contributed by atoms with E-state index in [9.17, 15) is 18.9 Å². The van der Waals surface area contributed by atoms with Crippen molar-refractivity contribution in [3.8, 4) is 11.4 Å². The number of aromatic nitrogens is 2. The Morgan fingerprint density at radius 1 is 1.44 bits per heavy atom. The summed E-state index contributed by atoms with van der Waals surface area (Å²) in [4.78, 5) is 13.5. The molecule has 2 rings (SSSR count). The van der Waals surface area contributed by atoms with Crippen molar-refractivity contribution >= 4 is 22.4 Å². The SMILES string of the molecule is CNc1nc(-c2c(F)ccc([N+](=O)[O-])c2F)ns1. The summed E-state index contributed by atoms with van der Waals surface area (Å²) >= 11 is 0.901. The van der Waals surface area contributed by atoms with Gasteiger partial charge in [0.05, 0.1) is 10.5 Å². The molecule has 0 saturated carbocycles. The highest BCUT2D eigenvalue weighted by molar-refractivity contribution is 7.09. The predicted octanol–water partition coefficient (Wildman–Crippen LogP) is 2.43. The van der Waals surface area contributed by atoms with E-state index in [1.165, 1.54) is 0 Å². The van der Waals surface area contributed by atoms with Gasteiger partial charge in [-0.2, -0.15) is 13.7 Å². The summed E-state index contributed by atoms with van der Waals surface area (Å²) in [5, 5.41) is 13.6. The number of halogens is 2. The maximum absolute atomic E-state index is 13.8. The summed E-state index contributed by atoms with van der Waals surface area (Å²) < 4.78 is 31.1. The van der Waals surface area contributed by atoms with Gasteiger partial charge >= 0.3 is 5.69 Å². The normalized spacial score (nSPS) is 10.4. The van der Waals surface area contributed by atoms with E-state index in [-0.39, 0.29) is 5.82 Å². The number of benzene rings is 1. The van der Waals surface area contributed by atoms with Crippen LogP contribution in [0.5, 0.6) is 0 Å². The fourth-order valence-corrected chi connectivity index (χ4v) is 1.84. The van der Waals surface area contributed by atoms with Crippen molar-refractivity contribution in [1.82, 2.24) is 9.36 Å². The lowest BCUT2D eigenvalue weighted by atomic mass is 10.1. The van der Waals surface area contributed by atoms with Crippen LogP contribution in [-0.4, -0.2) is 21.3 Å². The molecule has 0 atom stereocenters. The Kier molecular flexibility index (Phi) is 3.15. The van der Waals surface area contributed by atoms with Gasteiger partial charge in [0.1, 0.15) is 5.82 Å². The van der Waals surface area contributed by atoms with Crippen molar-refractivity contribution in [3.05, 3.63) is 33.9 Å². The molecule has 9 heteroatoms. The van der Waals surface area contributed by atoms with Crippen LogP contribution in [0.3, 0.4) is 0 Å². The minimum Gasteiger partial charge on any atom is -0.363 e. The lowest BCUT2D eigenvalue weighted by molar-refractivity contribution is -0.387. The maximum Gasteiger partial charge on any atom is 0.305 e. The van der Waals surface area contributed by atoms with Crippen molar-refractivity contribution in [2.45, 2.75) is 0 Å². The van der Waals surface area contributed by atoms with Crippen LogP contribution in [0.4, 0.5) is 19.6 Å². The van der Waals surface area contributed by atoms with Gasteiger partial charge in [-0.15, -0.1) is 0 Å². The number of nitrogens with one attached hydrogen (secondary N) is 1. The Morgan fingerprint density at radius 3 is 2.72 bits per heavy atom. The van der Waals surface area contributed by atoms with Gasteiger partial charge < -0.3 is 5.32 Å². The van der Waals surface area contributed by atoms with E-state index in [1.807, 2.05) is 0 Å². The molecular weight excluding hydrogens is 266 g/mol. The molecule has 0 aliphatic carbocycles. The first-order valence-electron chi connectivity index (χ1n) is 4.68. The van der Waals surface area contributed by atoms with Gasteiger partial charge in [-0.25, -0.2) is 4.39 Å². The van der Waals surface area contributed by atoms with Crippen LogP contribution in [0.2, 0.25) is 0 Å². The number of nitro benzene ring substituents is 1. The quantitative estimate of drug-likeness (QED) is 0.685. The van der Waals surface area contributed by atoms with E-state index in [0.29, 0.717) is 5.13 Å². The zero-order valence-corrected chi connectivity index (χ0v) is 9.79. The fraction of sp³-hybridized carbons (Fsp3) is 0.111. The number of hydrogen-bond acceptors (Lipinski definition) is 6. The highest BCUT2D eigenvalue weighted by Crippen LogP contribution is 2.31. The van der Waals surface area contributed by atoms with Crippen LogP contribution < -0.4 is 5.32 Å². The molecule has 94 valence electrons. The van der Waals surface area contributed by atoms with E-state index in [0.717, 1.165) is 23.7 Å². The summed E-state index contributed by atoms with van der Waals surface area (Å²) in [7, 11) is 1.57. The molecule has 1 aromatic heterocycles. The lowest BCUT2D eigenvalue weighted by Gasteiger charge is -2.01. The second-order valence-electron chi connectivity index (χ2n) is 3.19. The third-order valence-electron chi connectivity index (χ3n) is 2.13. The van der Waals surface area contributed by atoms with Gasteiger partial charge in [-0.1, -0.05) is 0 Å². The Morgan fingerprint density at radius 2 is 2.17 bits per heavy atom. The molecule has 1 aromatic carbocycles. The minimum atomic E-state index is -1.28. The number of nitrogens with zero attached hydrogens (tertiary/aromatic N) is 3. The van der Waals surface area contributed by atoms with E-state index in [1.54, 1.807) is 7.05 Å². The molecule has 0 fully saturated rings. The first-order valence-corrected chi connectivity index (χ1v) is 5.46. The Labute approximate surface area is 104 Å². The largest absolute Gasteiger partial charge is 0.363 e. The molecule has 0 radical (unpaired) electrons. The van der Waals surface area contributed by atoms with Gasteiger partial charge in [-0.3, -0.25) is 10.1 Å². The summed E-state index contributed by atoms with van der Waals surface area (Å²) in [5.41, 5.74) is -1.41. The molecule has 0 bridgehead atoms. The molecule has 1 N–H and O–H groups in total. The summed E-state index contributed by atoms with van der Waals surface area (Å²) in [6.07, 6.45) is 0. The first-order chi connectivity index (χ1) is 8.54. The van der Waals surface area contributed by atoms with Crippen LogP contribution in [0.25, 0.3) is 11.4 Å². The topological polar surface area (TPSA) is 81.0 Å². The molecule has 1 heterocycles. The van der Waals surface area contributed by atoms with Crippen LogP contribution in [-0.2, 0) is 0 Å². The van der Waals surface area contributed by atoms with Crippen molar-refractivity contribution < 1.29 is 13.7 Å². The third-order valence-corrected chi connectivity index (χ3v) is 2.86. The van der Waals surface area contributed by atoms with Crippen molar-refractivity contribution in [3.63, 3.8) is 0 Å². The standard InChI is InChI=1S/C9H6F2N4O2S/c1-12-9-13-8(14-18-9)6-4(10)2-3-5(7(6)11)15(16)17/h2-3H,1H3,(H,12,13,14). The van der Waals surface area contributed by atoms with E-state index in [4.69, 9.17) is 0 Å². The lowest BCUT2D eigenvalue weighted by Crippen LogP contribution is -1.98. The summed E-state index contributed by atoms with van der Waals surface area (Å²) in [6.45, 7) is 0. The Bertz CT molecular complexity index is 617. The zero-order chi connectivity index (χ0) is 13.3. The highest BCUT2D eigenvalue weighted by atomic mass is 32.1. The second kappa shape index (κ2) is 4.61. The summed E-state index contributed by atoms with van der Waals surface area (Å²) in [5.74, 6) is -2.44. The second-order valence-corrected chi connectivity index (χ2v) is 3.94. The smallest absolute Gasteiger partial charge is 0.305 e. The molecule has 18 heavy (non-hydrogen) atoms. The maximum atomic E-state index is 13.8. The molecule has 6 nitrogen and oxygen atoms in total. The zero-order valence-electron chi connectivity index (χ0n) is 8.98. The van der Waals surface area contributed by atoms with Gasteiger partial charge in [0.15, 0.2) is 5.82 Å². The van der Waals surface area contributed by atoms with E-state index >= 15 is 0 Å². The van der Waals surface area contributed by atoms with Crippen molar-refractivity contribution in [1.29, 1.82) is 0 Å².